The van der Waals surface area contributed by atoms with Gasteiger partial charge >= 0.3 is 11.9 Å². The quantitative estimate of drug-likeness (QED) is 0.156. The molecule has 0 saturated carbocycles. The van der Waals surface area contributed by atoms with E-state index >= 15 is 0 Å². The molecule has 10 nitrogen and oxygen atoms in total. The molecule has 4 aromatic carbocycles. The standard InChI is InChI=1S/C32H30N2O8S2/c35-31(41-23-29(25-13-5-1-6-14-25)33-43(37,38)27-17-9-3-10-18-27)21-22-32(36)42-24-30(26-15-7-2-8-16-26)34-44(39,40)28-19-11-4-12-20-28/h1-22,29-30,33-34H,23-24H2/b22-21+/t29-,30-/m0/s1. The molecule has 0 aliphatic carbocycles. The Morgan fingerprint density at radius 1 is 0.523 bits per heavy atom. The normalized spacial score (nSPS) is 13.2. The van der Waals surface area contributed by atoms with E-state index in [1.165, 1.54) is 24.3 Å². The molecule has 2 atom stereocenters. The third-order valence-electron chi connectivity index (χ3n) is 6.25. The molecule has 44 heavy (non-hydrogen) atoms. The SMILES string of the molecule is O=C(/C=C/C(=O)OC[C@H](NS(=O)(=O)c1ccccc1)c1ccccc1)OC[C@H](NS(=O)(=O)c1ccccc1)c1ccccc1. The zero-order valence-corrected chi connectivity index (χ0v) is 25.0. The number of carbonyl (C=O) groups excluding carboxylic acids is 2. The highest BCUT2D eigenvalue weighted by molar-refractivity contribution is 7.89. The van der Waals surface area contributed by atoms with Crippen LogP contribution in [-0.2, 0) is 39.1 Å². The summed E-state index contributed by atoms with van der Waals surface area (Å²) in [4.78, 5) is 25.0. The first-order valence-corrected chi connectivity index (χ1v) is 16.4. The number of ether oxygens (including phenoxy) is 2. The van der Waals surface area contributed by atoms with Crippen LogP contribution in [0.25, 0.3) is 0 Å². The highest BCUT2D eigenvalue weighted by atomic mass is 32.2. The Hall–Kier alpha value is -4.62. The number of benzene rings is 4. The predicted octanol–water partition coefficient (Wildman–Crippen LogP) is 4.07. The summed E-state index contributed by atoms with van der Waals surface area (Å²) in [5.41, 5.74) is 1.13. The van der Waals surface area contributed by atoms with Crippen molar-refractivity contribution in [3.63, 3.8) is 0 Å². The summed E-state index contributed by atoms with van der Waals surface area (Å²) < 4.78 is 67.2. The number of sulfonamides is 2. The first-order chi connectivity index (χ1) is 21.1. The van der Waals surface area contributed by atoms with Crippen LogP contribution in [0.4, 0.5) is 0 Å². The Morgan fingerprint density at radius 2 is 0.818 bits per heavy atom. The first kappa shape index (κ1) is 32.3. The van der Waals surface area contributed by atoms with Crippen LogP contribution in [0.1, 0.15) is 23.2 Å². The van der Waals surface area contributed by atoms with Crippen LogP contribution in [0.2, 0.25) is 0 Å². The van der Waals surface area contributed by atoms with Gasteiger partial charge in [0.15, 0.2) is 0 Å². The van der Waals surface area contributed by atoms with Crippen LogP contribution in [0.15, 0.2) is 143 Å². The monoisotopic (exact) mass is 634 g/mol. The van der Waals surface area contributed by atoms with Crippen molar-refractivity contribution in [2.24, 2.45) is 0 Å². The van der Waals surface area contributed by atoms with E-state index in [4.69, 9.17) is 9.47 Å². The van der Waals surface area contributed by atoms with Crippen LogP contribution < -0.4 is 9.44 Å². The molecule has 0 unspecified atom stereocenters. The van der Waals surface area contributed by atoms with Crippen molar-refractivity contribution in [3.05, 3.63) is 145 Å². The molecule has 0 aliphatic rings. The minimum atomic E-state index is -3.93. The molecule has 0 spiro atoms. The molecule has 0 amide bonds. The fourth-order valence-corrected chi connectivity index (χ4v) is 6.50. The summed E-state index contributed by atoms with van der Waals surface area (Å²) in [7, 11) is -7.87. The summed E-state index contributed by atoms with van der Waals surface area (Å²) >= 11 is 0. The lowest BCUT2D eigenvalue weighted by Gasteiger charge is -2.19. The fourth-order valence-electron chi connectivity index (χ4n) is 4.04. The summed E-state index contributed by atoms with van der Waals surface area (Å²) in [6, 6.07) is 30.9. The maximum Gasteiger partial charge on any atom is 0.331 e. The minimum Gasteiger partial charge on any atom is -0.460 e. The zero-order chi connectivity index (χ0) is 31.4. The van der Waals surface area contributed by atoms with E-state index in [0.717, 1.165) is 12.2 Å². The number of hydrogen-bond acceptors (Lipinski definition) is 8. The maximum atomic E-state index is 12.9. The van der Waals surface area contributed by atoms with Gasteiger partial charge in [-0.2, -0.15) is 0 Å². The third-order valence-corrected chi connectivity index (χ3v) is 9.22. The molecule has 0 heterocycles. The smallest absolute Gasteiger partial charge is 0.331 e. The highest BCUT2D eigenvalue weighted by Crippen LogP contribution is 2.19. The average molecular weight is 635 g/mol. The molecule has 2 N–H and O–H groups in total. The van der Waals surface area contributed by atoms with Crippen molar-refractivity contribution in [2.45, 2.75) is 21.9 Å². The second kappa shape index (κ2) is 15.2. The molecular weight excluding hydrogens is 604 g/mol. The van der Waals surface area contributed by atoms with Crippen LogP contribution in [0, 0.1) is 0 Å². The molecular formula is C32H30N2O8S2. The van der Waals surface area contributed by atoms with Crippen LogP contribution in [0.3, 0.4) is 0 Å². The number of hydrogen-bond donors (Lipinski definition) is 2. The Labute approximate surface area is 256 Å². The third kappa shape index (κ3) is 9.44. The first-order valence-electron chi connectivity index (χ1n) is 13.4. The van der Waals surface area contributed by atoms with Crippen molar-refractivity contribution >= 4 is 32.0 Å². The van der Waals surface area contributed by atoms with Crippen LogP contribution in [-0.4, -0.2) is 42.0 Å². The van der Waals surface area contributed by atoms with Gasteiger partial charge in [0.25, 0.3) is 0 Å². The molecule has 0 aliphatic heterocycles. The average Bonchev–Trinajstić information content (AvgIpc) is 3.05. The van der Waals surface area contributed by atoms with E-state index in [0.29, 0.717) is 11.1 Å². The molecule has 0 bridgehead atoms. The lowest BCUT2D eigenvalue weighted by atomic mass is 10.1. The summed E-state index contributed by atoms with van der Waals surface area (Å²) in [6.45, 7) is -0.711. The fraction of sp³-hybridized carbons (Fsp3) is 0.125. The van der Waals surface area contributed by atoms with E-state index in [9.17, 15) is 26.4 Å². The van der Waals surface area contributed by atoms with E-state index in [1.807, 2.05) is 0 Å². The number of esters is 2. The summed E-state index contributed by atoms with van der Waals surface area (Å²) in [5.74, 6) is -1.82. The van der Waals surface area contributed by atoms with Crippen molar-refractivity contribution in [2.75, 3.05) is 13.2 Å². The van der Waals surface area contributed by atoms with E-state index in [1.54, 1.807) is 97.1 Å². The van der Waals surface area contributed by atoms with Gasteiger partial charge in [-0.05, 0) is 35.4 Å². The van der Waals surface area contributed by atoms with Crippen LogP contribution >= 0.6 is 0 Å². The molecule has 0 aromatic heterocycles. The Morgan fingerprint density at radius 3 is 1.14 bits per heavy atom. The molecule has 4 rings (SSSR count). The minimum absolute atomic E-state index is 0.0507. The maximum absolute atomic E-state index is 12.9. The van der Waals surface area contributed by atoms with Gasteiger partial charge in [0.05, 0.1) is 21.9 Å². The summed E-state index contributed by atoms with van der Waals surface area (Å²) in [5, 5.41) is 0. The predicted molar refractivity (Wildman–Crippen MR) is 163 cm³/mol. The van der Waals surface area contributed by atoms with Gasteiger partial charge in [-0.25, -0.2) is 35.9 Å². The van der Waals surface area contributed by atoms with Gasteiger partial charge in [-0.1, -0.05) is 97.1 Å². The van der Waals surface area contributed by atoms with E-state index in [-0.39, 0.29) is 23.0 Å². The molecule has 12 heteroatoms. The van der Waals surface area contributed by atoms with Gasteiger partial charge in [-0.3, -0.25) is 0 Å². The lowest BCUT2D eigenvalue weighted by molar-refractivity contribution is -0.141. The van der Waals surface area contributed by atoms with Gasteiger partial charge in [0.1, 0.15) is 13.2 Å². The number of rotatable bonds is 14. The molecule has 0 radical (unpaired) electrons. The topological polar surface area (TPSA) is 145 Å². The van der Waals surface area contributed by atoms with E-state index in [2.05, 4.69) is 9.44 Å². The molecule has 4 aromatic rings. The van der Waals surface area contributed by atoms with Gasteiger partial charge in [0, 0.05) is 12.2 Å². The van der Waals surface area contributed by atoms with Crippen molar-refractivity contribution < 1.29 is 35.9 Å². The van der Waals surface area contributed by atoms with Crippen molar-refractivity contribution in [3.8, 4) is 0 Å². The Kier molecular flexibility index (Phi) is 11.2. The molecule has 0 saturated heterocycles. The van der Waals surface area contributed by atoms with Gasteiger partial charge < -0.3 is 9.47 Å². The molecule has 0 fully saturated rings. The van der Waals surface area contributed by atoms with Crippen LogP contribution in [0.5, 0.6) is 0 Å². The highest BCUT2D eigenvalue weighted by Gasteiger charge is 2.24. The Bertz CT molecular complexity index is 1630. The van der Waals surface area contributed by atoms with Crippen molar-refractivity contribution in [1.29, 1.82) is 0 Å². The zero-order valence-electron chi connectivity index (χ0n) is 23.4. The van der Waals surface area contributed by atoms with E-state index < -0.39 is 44.1 Å². The second-order valence-electron chi connectivity index (χ2n) is 9.39. The number of carbonyl (C=O) groups is 2. The Balaban J connectivity index is 1.37. The van der Waals surface area contributed by atoms with Gasteiger partial charge in [0.2, 0.25) is 20.0 Å². The van der Waals surface area contributed by atoms with Crippen molar-refractivity contribution in [1.82, 2.24) is 9.44 Å². The largest absolute Gasteiger partial charge is 0.460 e. The summed E-state index contributed by atoms with van der Waals surface area (Å²) in [6.07, 6.45) is 1.70. The lowest BCUT2D eigenvalue weighted by Crippen LogP contribution is -2.32. The second-order valence-corrected chi connectivity index (χ2v) is 12.8. The molecule has 228 valence electrons. The van der Waals surface area contributed by atoms with Gasteiger partial charge in [-0.15, -0.1) is 0 Å². The number of nitrogens with one attached hydrogen (secondary N) is 2.